The van der Waals surface area contributed by atoms with Crippen LogP contribution in [0.25, 0.3) is 0 Å². The molecule has 106 valence electrons. The van der Waals surface area contributed by atoms with Crippen LogP contribution in [0, 0.1) is 10.1 Å². The molecule has 0 amide bonds. The van der Waals surface area contributed by atoms with E-state index in [0.29, 0.717) is 16.0 Å². The number of nitrogens with zero attached hydrogens (tertiary/aromatic N) is 1. The van der Waals surface area contributed by atoms with Crippen molar-refractivity contribution in [2.45, 2.75) is 65.3 Å². The maximum atomic E-state index is 5.26. The number of nitrogens with one attached hydrogen (secondary N) is 2. The molecule has 4 heteroatoms. The summed E-state index contributed by atoms with van der Waals surface area (Å²) in [6.45, 7) is 11.3. The van der Waals surface area contributed by atoms with Gasteiger partial charge in [0, 0.05) is 17.5 Å². The zero-order valence-electron chi connectivity index (χ0n) is 12.6. The molecule has 1 aliphatic carbocycles. The van der Waals surface area contributed by atoms with E-state index in [0.717, 1.165) is 18.1 Å². The van der Waals surface area contributed by atoms with Gasteiger partial charge in [0.25, 0.3) is 0 Å². The fourth-order valence-electron chi connectivity index (χ4n) is 2.83. The molecule has 2 N–H and O–H groups in total. The lowest BCUT2D eigenvalue weighted by Gasteiger charge is -2.34. The van der Waals surface area contributed by atoms with Crippen LogP contribution in [0.4, 0.5) is 5.82 Å². The number of H-pyrrole nitrogens is 1. The predicted octanol–water partition coefficient (Wildman–Crippen LogP) is 4.64. The van der Waals surface area contributed by atoms with Crippen LogP contribution in [-0.2, 0) is 0 Å². The van der Waals surface area contributed by atoms with Gasteiger partial charge in [-0.05, 0) is 38.5 Å². The number of hydrogen-bond donors (Lipinski definition) is 2. The molecule has 0 saturated heterocycles. The Labute approximate surface area is 121 Å². The summed E-state index contributed by atoms with van der Waals surface area (Å²) in [6.07, 6.45) is 3.54. The minimum Gasteiger partial charge on any atom is -0.367 e. The second-order valence-corrected chi connectivity index (χ2v) is 7.96. The minimum absolute atomic E-state index is 0.0265. The first-order valence-electron chi connectivity index (χ1n) is 7.04. The SMILES string of the molecule is CC(C)(C)CC(C)(C)Nc1cc(=S)nc(C2CC2)[nH]1. The van der Waals surface area contributed by atoms with Crippen molar-refractivity contribution in [2.75, 3.05) is 5.32 Å². The lowest BCUT2D eigenvalue weighted by atomic mass is 9.82. The average molecular weight is 279 g/mol. The first-order valence-corrected chi connectivity index (χ1v) is 7.45. The summed E-state index contributed by atoms with van der Waals surface area (Å²) < 4.78 is 0.676. The lowest BCUT2D eigenvalue weighted by molar-refractivity contribution is 0.302. The summed E-state index contributed by atoms with van der Waals surface area (Å²) in [5, 5.41) is 3.58. The molecule has 1 aliphatic rings. The molecule has 0 aliphatic heterocycles. The highest BCUT2D eigenvalue weighted by Crippen LogP contribution is 2.38. The summed E-state index contributed by atoms with van der Waals surface area (Å²) in [4.78, 5) is 7.82. The van der Waals surface area contributed by atoms with Crippen LogP contribution in [0.1, 0.15) is 65.6 Å². The quantitative estimate of drug-likeness (QED) is 0.789. The molecule has 1 aromatic heterocycles. The normalized spacial score (nSPS) is 16.5. The Morgan fingerprint density at radius 1 is 1.32 bits per heavy atom. The Balaban J connectivity index is 2.16. The molecular formula is C15H25N3S. The highest BCUT2D eigenvalue weighted by atomic mass is 32.1. The van der Waals surface area contributed by atoms with E-state index in [-0.39, 0.29) is 5.54 Å². The second kappa shape index (κ2) is 4.89. The Morgan fingerprint density at radius 3 is 2.47 bits per heavy atom. The van der Waals surface area contributed by atoms with Gasteiger partial charge in [-0.3, -0.25) is 0 Å². The minimum atomic E-state index is 0.0265. The summed E-state index contributed by atoms with van der Waals surface area (Å²) >= 11 is 5.26. The van der Waals surface area contributed by atoms with Gasteiger partial charge >= 0.3 is 0 Å². The standard InChI is InChI=1S/C15H25N3S/c1-14(2,3)9-15(4,5)18-11-8-12(19)17-13(16-11)10-6-7-10/h8,10H,6-7,9H2,1-5H3,(H2,16,17,18,19). The molecule has 2 rings (SSSR count). The van der Waals surface area contributed by atoms with Gasteiger partial charge in [-0.2, -0.15) is 0 Å². The summed E-state index contributed by atoms with van der Waals surface area (Å²) in [6, 6.07) is 1.92. The van der Waals surface area contributed by atoms with E-state index in [1.807, 2.05) is 6.07 Å². The molecule has 19 heavy (non-hydrogen) atoms. The van der Waals surface area contributed by atoms with Gasteiger partial charge in [0.05, 0.1) is 0 Å². The van der Waals surface area contributed by atoms with Crippen LogP contribution in [0.15, 0.2) is 6.07 Å². The maximum Gasteiger partial charge on any atom is 0.131 e. The molecule has 0 bridgehead atoms. The number of anilines is 1. The Hall–Kier alpha value is -0.900. The van der Waals surface area contributed by atoms with Gasteiger partial charge in [0.2, 0.25) is 0 Å². The van der Waals surface area contributed by atoms with Crippen molar-refractivity contribution in [1.29, 1.82) is 0 Å². The summed E-state index contributed by atoms with van der Waals surface area (Å²) in [5.41, 5.74) is 0.318. The van der Waals surface area contributed by atoms with E-state index in [9.17, 15) is 0 Å². The van der Waals surface area contributed by atoms with Gasteiger partial charge in [-0.25, -0.2) is 4.98 Å². The second-order valence-electron chi connectivity index (χ2n) is 7.54. The van der Waals surface area contributed by atoms with Crippen molar-refractivity contribution >= 4 is 18.0 Å². The van der Waals surface area contributed by atoms with Crippen LogP contribution in [0.5, 0.6) is 0 Å². The lowest BCUT2D eigenvalue weighted by Crippen LogP contribution is -2.35. The maximum absolute atomic E-state index is 5.26. The number of aromatic amines is 1. The number of hydrogen-bond acceptors (Lipinski definition) is 3. The van der Waals surface area contributed by atoms with E-state index in [1.54, 1.807) is 0 Å². The van der Waals surface area contributed by atoms with Gasteiger partial charge in [0.15, 0.2) is 0 Å². The van der Waals surface area contributed by atoms with Crippen LogP contribution in [0.2, 0.25) is 0 Å². The number of rotatable bonds is 4. The van der Waals surface area contributed by atoms with E-state index < -0.39 is 0 Å². The van der Waals surface area contributed by atoms with E-state index in [4.69, 9.17) is 12.2 Å². The molecule has 0 unspecified atom stereocenters. The molecule has 0 radical (unpaired) electrons. The van der Waals surface area contributed by atoms with Gasteiger partial charge in [-0.15, -0.1) is 0 Å². The first kappa shape index (κ1) is 14.5. The highest BCUT2D eigenvalue weighted by Gasteiger charge is 2.28. The fraction of sp³-hybridized carbons (Fsp3) is 0.733. The monoisotopic (exact) mass is 279 g/mol. The van der Waals surface area contributed by atoms with E-state index in [1.165, 1.54) is 12.8 Å². The van der Waals surface area contributed by atoms with E-state index >= 15 is 0 Å². The van der Waals surface area contributed by atoms with Gasteiger partial charge in [0.1, 0.15) is 16.3 Å². The zero-order chi connectivity index (χ0) is 14.3. The van der Waals surface area contributed by atoms with Crippen molar-refractivity contribution in [2.24, 2.45) is 5.41 Å². The summed E-state index contributed by atoms with van der Waals surface area (Å²) in [5.74, 6) is 2.63. The van der Waals surface area contributed by atoms with Crippen LogP contribution in [-0.4, -0.2) is 15.5 Å². The van der Waals surface area contributed by atoms with Crippen molar-refractivity contribution < 1.29 is 0 Å². The zero-order valence-corrected chi connectivity index (χ0v) is 13.4. The van der Waals surface area contributed by atoms with E-state index in [2.05, 4.69) is 49.9 Å². The molecule has 0 spiro atoms. The molecule has 1 saturated carbocycles. The Bertz CT molecular complexity index is 507. The van der Waals surface area contributed by atoms with Crippen LogP contribution >= 0.6 is 12.2 Å². The Morgan fingerprint density at radius 2 is 1.95 bits per heavy atom. The van der Waals surface area contributed by atoms with Crippen LogP contribution in [0.3, 0.4) is 0 Å². The molecule has 1 fully saturated rings. The van der Waals surface area contributed by atoms with Crippen molar-refractivity contribution in [3.05, 3.63) is 16.5 Å². The molecular weight excluding hydrogens is 254 g/mol. The van der Waals surface area contributed by atoms with Crippen LogP contribution < -0.4 is 5.32 Å². The first-order chi connectivity index (χ1) is 8.65. The third kappa shape index (κ3) is 4.60. The molecule has 1 heterocycles. The topological polar surface area (TPSA) is 40.7 Å². The average Bonchev–Trinajstić information content (AvgIpc) is 2.92. The van der Waals surface area contributed by atoms with Crippen molar-refractivity contribution in [3.63, 3.8) is 0 Å². The van der Waals surface area contributed by atoms with Gasteiger partial charge < -0.3 is 10.3 Å². The predicted molar refractivity (Wildman–Crippen MR) is 83.2 cm³/mol. The number of aromatic nitrogens is 2. The molecule has 0 aromatic carbocycles. The summed E-state index contributed by atoms with van der Waals surface area (Å²) in [7, 11) is 0. The largest absolute Gasteiger partial charge is 0.367 e. The molecule has 1 aromatic rings. The van der Waals surface area contributed by atoms with Crippen molar-refractivity contribution in [1.82, 2.24) is 9.97 Å². The molecule has 0 atom stereocenters. The fourth-order valence-corrected chi connectivity index (χ4v) is 3.04. The van der Waals surface area contributed by atoms with Gasteiger partial charge in [-0.1, -0.05) is 33.0 Å². The third-order valence-corrected chi connectivity index (χ3v) is 3.38. The highest BCUT2D eigenvalue weighted by molar-refractivity contribution is 7.71. The third-order valence-electron chi connectivity index (χ3n) is 3.17. The Kier molecular flexibility index (Phi) is 3.74. The molecule has 3 nitrogen and oxygen atoms in total. The smallest absolute Gasteiger partial charge is 0.131 e. The van der Waals surface area contributed by atoms with Crippen molar-refractivity contribution in [3.8, 4) is 0 Å².